The van der Waals surface area contributed by atoms with Gasteiger partial charge in [-0.05, 0) is 17.0 Å². The van der Waals surface area contributed by atoms with Gasteiger partial charge >= 0.3 is 6.18 Å². The fourth-order valence-electron chi connectivity index (χ4n) is 4.46. The molecule has 1 aliphatic rings. The number of anilines is 1. The maximum absolute atomic E-state index is 13.0. The number of amides is 1. The van der Waals surface area contributed by atoms with Crippen LogP contribution in [0.25, 0.3) is 22.8 Å². The van der Waals surface area contributed by atoms with Crippen LogP contribution < -0.4 is 5.32 Å². The molecule has 0 atom stereocenters. The average molecular weight is 492 g/mol. The van der Waals surface area contributed by atoms with Crippen LogP contribution >= 0.6 is 0 Å². The Balaban J connectivity index is 1.49. The second kappa shape index (κ2) is 8.89. The summed E-state index contributed by atoms with van der Waals surface area (Å²) in [7, 11) is 1.54. The largest absolute Gasteiger partial charge is 0.434 e. The van der Waals surface area contributed by atoms with Crippen LogP contribution in [-0.4, -0.2) is 25.4 Å². The fourth-order valence-corrected chi connectivity index (χ4v) is 4.46. The van der Waals surface area contributed by atoms with Gasteiger partial charge in [0.05, 0.1) is 12.1 Å². The minimum atomic E-state index is -4.50. The lowest BCUT2D eigenvalue weighted by Crippen LogP contribution is -2.05. The number of hydrogen-bond donors (Lipinski definition) is 1. The first-order valence-corrected chi connectivity index (χ1v) is 11.6. The Morgan fingerprint density at radius 1 is 1.03 bits per heavy atom. The van der Waals surface area contributed by atoms with E-state index in [-0.39, 0.29) is 24.1 Å². The normalized spacial score (nSPS) is 13.2. The molecule has 0 bridgehead atoms. The number of fused-ring (bicyclic) bond motifs is 1. The summed E-state index contributed by atoms with van der Waals surface area (Å²) in [6.07, 6.45) is -2.86. The Morgan fingerprint density at radius 3 is 2.42 bits per heavy atom. The summed E-state index contributed by atoms with van der Waals surface area (Å²) < 4.78 is 40.5. The van der Waals surface area contributed by atoms with Crippen molar-refractivity contribution in [1.82, 2.24) is 19.5 Å². The highest BCUT2D eigenvalue weighted by molar-refractivity contribution is 5.98. The van der Waals surface area contributed by atoms with E-state index in [0.717, 1.165) is 34.1 Å². The molecule has 0 saturated carbocycles. The van der Waals surface area contributed by atoms with E-state index < -0.39 is 11.9 Å². The minimum Gasteiger partial charge on any atom is -0.333 e. The van der Waals surface area contributed by atoms with Gasteiger partial charge in [-0.2, -0.15) is 13.2 Å². The van der Waals surface area contributed by atoms with Crippen molar-refractivity contribution < 1.29 is 18.0 Å². The van der Waals surface area contributed by atoms with E-state index in [4.69, 9.17) is 4.98 Å². The third kappa shape index (κ3) is 4.48. The summed E-state index contributed by atoms with van der Waals surface area (Å²) in [5, 5.41) is 2.84. The van der Waals surface area contributed by atoms with Crippen molar-refractivity contribution in [3.8, 4) is 22.8 Å². The number of rotatable bonds is 5. The predicted molar refractivity (Wildman–Crippen MR) is 130 cm³/mol. The number of aryl methyl sites for hydroxylation is 1. The van der Waals surface area contributed by atoms with E-state index in [0.29, 0.717) is 23.6 Å². The first-order chi connectivity index (χ1) is 17.1. The second-order valence-corrected chi connectivity index (χ2v) is 9.22. The van der Waals surface area contributed by atoms with Crippen molar-refractivity contribution in [3.63, 3.8) is 0 Å². The molecule has 1 amide bonds. The number of carbonyl (C=O) groups excluding carboxylic acids is 1. The maximum Gasteiger partial charge on any atom is 0.434 e. The van der Waals surface area contributed by atoms with Crippen LogP contribution in [0, 0.1) is 0 Å². The smallest absolute Gasteiger partial charge is 0.333 e. The Bertz CT molecular complexity index is 1460. The van der Waals surface area contributed by atoms with Gasteiger partial charge in [-0.1, -0.05) is 62.4 Å². The summed E-state index contributed by atoms with van der Waals surface area (Å²) in [5.74, 6) is 1.47. The van der Waals surface area contributed by atoms with Crippen LogP contribution in [0.15, 0.2) is 54.7 Å². The van der Waals surface area contributed by atoms with Gasteiger partial charge in [0.15, 0.2) is 11.5 Å². The monoisotopic (exact) mass is 491 g/mol. The Labute approximate surface area is 206 Å². The van der Waals surface area contributed by atoms with Crippen LogP contribution in [0.3, 0.4) is 0 Å². The third-order valence-electron chi connectivity index (χ3n) is 6.26. The molecule has 9 heteroatoms. The molecule has 1 aliphatic heterocycles. The highest BCUT2D eigenvalue weighted by Gasteiger charge is 2.34. The van der Waals surface area contributed by atoms with Crippen LogP contribution in [0.4, 0.5) is 19.0 Å². The molecule has 184 valence electrons. The number of hydrogen-bond acceptors (Lipinski definition) is 4. The van der Waals surface area contributed by atoms with Crippen molar-refractivity contribution in [2.24, 2.45) is 7.05 Å². The number of alkyl halides is 3. The topological polar surface area (TPSA) is 72.7 Å². The summed E-state index contributed by atoms with van der Waals surface area (Å²) in [6, 6.07) is 15.1. The first kappa shape index (κ1) is 23.7. The molecule has 0 unspecified atom stereocenters. The van der Waals surface area contributed by atoms with Crippen LogP contribution in [0.2, 0.25) is 0 Å². The van der Waals surface area contributed by atoms with E-state index in [1.165, 1.54) is 11.6 Å². The quantitative estimate of drug-likeness (QED) is 0.385. The van der Waals surface area contributed by atoms with Crippen molar-refractivity contribution in [1.29, 1.82) is 0 Å². The molecule has 0 aliphatic carbocycles. The van der Waals surface area contributed by atoms with Gasteiger partial charge in [-0.3, -0.25) is 4.79 Å². The number of nitrogens with one attached hydrogen (secondary N) is 1. The molecule has 36 heavy (non-hydrogen) atoms. The number of halogens is 3. The average Bonchev–Trinajstić information content (AvgIpc) is 3.41. The number of aromatic nitrogens is 4. The summed E-state index contributed by atoms with van der Waals surface area (Å²) in [5.41, 5.74) is 4.12. The Morgan fingerprint density at radius 2 is 1.75 bits per heavy atom. The molecule has 4 aromatic rings. The first-order valence-electron chi connectivity index (χ1n) is 11.6. The van der Waals surface area contributed by atoms with Gasteiger partial charge in [0, 0.05) is 36.4 Å². The van der Waals surface area contributed by atoms with Crippen molar-refractivity contribution in [2.75, 3.05) is 5.32 Å². The van der Waals surface area contributed by atoms with Crippen molar-refractivity contribution in [3.05, 3.63) is 82.8 Å². The van der Waals surface area contributed by atoms with E-state index in [1.54, 1.807) is 12.1 Å². The lowest BCUT2D eigenvalue weighted by molar-refractivity contribution is -0.140. The minimum absolute atomic E-state index is 0.125. The molecule has 3 heterocycles. The molecule has 1 N–H and O–H groups in total. The van der Waals surface area contributed by atoms with E-state index in [2.05, 4.69) is 35.2 Å². The van der Waals surface area contributed by atoms with Gasteiger partial charge in [-0.25, -0.2) is 15.0 Å². The van der Waals surface area contributed by atoms with E-state index in [1.807, 2.05) is 30.3 Å². The van der Waals surface area contributed by atoms with Gasteiger partial charge < -0.3 is 9.88 Å². The zero-order valence-electron chi connectivity index (χ0n) is 20.0. The molecule has 0 radical (unpaired) electrons. The molecular weight excluding hydrogens is 467 g/mol. The predicted octanol–water partition coefficient (Wildman–Crippen LogP) is 5.77. The molecule has 6 nitrogen and oxygen atoms in total. The summed E-state index contributed by atoms with van der Waals surface area (Å²) >= 11 is 0. The summed E-state index contributed by atoms with van der Waals surface area (Å²) in [6.45, 7) is 4.21. The van der Waals surface area contributed by atoms with Crippen LogP contribution in [0.5, 0.6) is 0 Å². The number of carbonyl (C=O) groups is 1. The van der Waals surface area contributed by atoms with E-state index >= 15 is 0 Å². The molecule has 0 saturated heterocycles. The number of nitrogens with zero attached hydrogens (tertiary/aromatic N) is 4. The molecule has 2 aromatic heterocycles. The standard InChI is InChI=1S/C27H24F3N5O/c1-15(2)18-6-4-5-7-19(18)24-31-21(20-13-23(36)33-25(20)34-24)12-16-8-10-17(11-9-16)26-32-22(14-35(26)3)27(28,29)30/h4-11,14-15H,12-13H2,1-3H3,(H,31,33,34,36). The molecule has 0 fully saturated rings. The second-order valence-electron chi connectivity index (χ2n) is 9.22. The molecule has 0 spiro atoms. The van der Waals surface area contributed by atoms with Crippen molar-refractivity contribution >= 4 is 11.7 Å². The maximum atomic E-state index is 13.0. The Kier molecular flexibility index (Phi) is 5.86. The Hall–Kier alpha value is -4.01. The summed E-state index contributed by atoms with van der Waals surface area (Å²) in [4.78, 5) is 25.5. The lowest BCUT2D eigenvalue weighted by atomic mass is 9.96. The number of benzene rings is 2. The third-order valence-corrected chi connectivity index (χ3v) is 6.26. The van der Waals surface area contributed by atoms with Gasteiger partial charge in [0.25, 0.3) is 0 Å². The fraction of sp³-hybridized carbons (Fsp3) is 0.259. The van der Waals surface area contributed by atoms with Gasteiger partial charge in [-0.15, -0.1) is 0 Å². The van der Waals surface area contributed by atoms with Crippen LogP contribution in [-0.2, 0) is 30.9 Å². The number of imidazole rings is 1. The van der Waals surface area contributed by atoms with E-state index in [9.17, 15) is 18.0 Å². The van der Waals surface area contributed by atoms with Crippen LogP contribution in [0.1, 0.15) is 47.8 Å². The van der Waals surface area contributed by atoms with Gasteiger partial charge in [0.2, 0.25) is 5.91 Å². The molecule has 5 rings (SSSR count). The van der Waals surface area contributed by atoms with Crippen molar-refractivity contribution in [2.45, 2.75) is 38.8 Å². The highest BCUT2D eigenvalue weighted by atomic mass is 19.4. The highest BCUT2D eigenvalue weighted by Crippen LogP contribution is 2.33. The molecule has 2 aromatic carbocycles. The lowest BCUT2D eigenvalue weighted by Gasteiger charge is -2.14. The SMILES string of the molecule is CC(C)c1ccccc1-c1nc(Cc2ccc(-c3nc(C(F)(F)F)cn3C)cc2)c2c(n1)NC(=O)C2. The molecular formula is C27H24F3N5O. The zero-order chi connectivity index (χ0) is 25.6. The zero-order valence-corrected chi connectivity index (χ0v) is 20.0. The van der Waals surface area contributed by atoms with Gasteiger partial charge in [0.1, 0.15) is 11.6 Å².